The van der Waals surface area contributed by atoms with Crippen LogP contribution < -0.4 is 4.74 Å². The quantitative estimate of drug-likeness (QED) is 0.442. The normalized spacial score (nSPS) is 11.3. The molecule has 0 unspecified atom stereocenters. The van der Waals surface area contributed by atoms with E-state index < -0.39 is 0 Å². The SMILES string of the molecule is COc1cncc(-c2cc3c(-c4nc5c(-c6cccnc6)nccc5[nH]4)n[nH]c3cn2)c1. The topological polar surface area (TPSA) is 118 Å². The minimum Gasteiger partial charge on any atom is -0.495 e. The number of hydrogen-bond acceptors (Lipinski definition) is 7. The van der Waals surface area contributed by atoms with Gasteiger partial charge in [-0.25, -0.2) is 4.98 Å². The van der Waals surface area contributed by atoms with Gasteiger partial charge in [-0.2, -0.15) is 5.10 Å². The van der Waals surface area contributed by atoms with Crippen molar-refractivity contribution in [2.75, 3.05) is 7.11 Å². The molecule has 154 valence electrons. The number of aromatic amines is 2. The van der Waals surface area contributed by atoms with Gasteiger partial charge >= 0.3 is 0 Å². The number of aromatic nitrogens is 8. The predicted octanol–water partition coefficient (Wildman–Crippen LogP) is 4.03. The second-order valence-electron chi connectivity index (χ2n) is 7.18. The third-order valence-electron chi connectivity index (χ3n) is 5.25. The molecule has 6 aromatic rings. The lowest BCUT2D eigenvalue weighted by molar-refractivity contribution is 0.413. The van der Waals surface area contributed by atoms with E-state index in [1.807, 2.05) is 30.3 Å². The van der Waals surface area contributed by atoms with Gasteiger partial charge in [0.15, 0.2) is 5.82 Å². The summed E-state index contributed by atoms with van der Waals surface area (Å²) in [4.78, 5) is 25.7. The number of H-pyrrole nitrogens is 2. The van der Waals surface area contributed by atoms with E-state index in [0.717, 1.165) is 44.5 Å². The number of hydrogen-bond donors (Lipinski definition) is 2. The van der Waals surface area contributed by atoms with Crippen molar-refractivity contribution in [3.8, 4) is 39.8 Å². The Morgan fingerprint density at radius 2 is 1.78 bits per heavy atom. The van der Waals surface area contributed by atoms with Crippen LogP contribution in [0.5, 0.6) is 5.75 Å². The highest BCUT2D eigenvalue weighted by Crippen LogP contribution is 2.31. The van der Waals surface area contributed by atoms with Crippen LogP contribution in [0.4, 0.5) is 0 Å². The van der Waals surface area contributed by atoms with E-state index in [9.17, 15) is 0 Å². The van der Waals surface area contributed by atoms with Gasteiger partial charge in [-0.3, -0.25) is 25.0 Å². The molecule has 0 aliphatic rings. The first kappa shape index (κ1) is 18.1. The van der Waals surface area contributed by atoms with Crippen LogP contribution in [0.2, 0.25) is 0 Å². The lowest BCUT2D eigenvalue weighted by atomic mass is 10.1. The number of ether oxygens (including phenoxy) is 1. The summed E-state index contributed by atoms with van der Waals surface area (Å²) in [5.41, 5.74) is 6.43. The molecule has 9 nitrogen and oxygen atoms in total. The lowest BCUT2D eigenvalue weighted by Gasteiger charge is -2.03. The first-order valence-corrected chi connectivity index (χ1v) is 9.89. The summed E-state index contributed by atoms with van der Waals surface area (Å²) in [6, 6.07) is 9.61. The maximum atomic E-state index is 5.29. The molecule has 0 radical (unpaired) electrons. The van der Waals surface area contributed by atoms with Crippen LogP contribution in [0.25, 0.3) is 56.0 Å². The monoisotopic (exact) mass is 420 g/mol. The largest absolute Gasteiger partial charge is 0.495 e. The maximum absolute atomic E-state index is 5.29. The second kappa shape index (κ2) is 7.24. The summed E-state index contributed by atoms with van der Waals surface area (Å²) in [7, 11) is 1.61. The van der Waals surface area contributed by atoms with Gasteiger partial charge in [-0.15, -0.1) is 0 Å². The Labute approximate surface area is 181 Å². The number of imidazole rings is 1. The van der Waals surface area contributed by atoms with E-state index in [2.05, 4.69) is 35.1 Å². The molecule has 6 rings (SSSR count). The second-order valence-corrected chi connectivity index (χ2v) is 7.18. The Morgan fingerprint density at radius 1 is 0.844 bits per heavy atom. The Bertz CT molecular complexity index is 1570. The predicted molar refractivity (Wildman–Crippen MR) is 120 cm³/mol. The Balaban J connectivity index is 1.50. The molecule has 0 saturated heterocycles. The standard InChI is InChI=1S/C23H16N8O/c1-32-15-7-14(10-25-11-15)18-8-16-19(12-27-18)30-31-21(16)23-28-17-4-6-26-20(22(17)29-23)13-3-2-5-24-9-13/h2-12H,1H3,(H,28,29)(H,30,31). The highest BCUT2D eigenvalue weighted by atomic mass is 16.5. The first-order valence-electron chi connectivity index (χ1n) is 9.89. The van der Waals surface area contributed by atoms with Gasteiger partial charge in [-0.05, 0) is 30.3 Å². The van der Waals surface area contributed by atoms with Gasteiger partial charge in [0.25, 0.3) is 0 Å². The molecule has 0 aliphatic heterocycles. The highest BCUT2D eigenvalue weighted by Gasteiger charge is 2.17. The van der Waals surface area contributed by atoms with Gasteiger partial charge < -0.3 is 9.72 Å². The first-order chi connectivity index (χ1) is 15.8. The van der Waals surface area contributed by atoms with Crippen molar-refractivity contribution in [3.05, 3.63) is 67.5 Å². The van der Waals surface area contributed by atoms with Crippen molar-refractivity contribution < 1.29 is 4.74 Å². The Hall–Kier alpha value is -4.66. The van der Waals surface area contributed by atoms with Gasteiger partial charge in [0, 0.05) is 41.3 Å². The highest BCUT2D eigenvalue weighted by molar-refractivity contribution is 5.96. The summed E-state index contributed by atoms with van der Waals surface area (Å²) < 4.78 is 5.29. The fourth-order valence-corrected chi connectivity index (χ4v) is 3.69. The van der Waals surface area contributed by atoms with E-state index in [4.69, 9.17) is 9.72 Å². The number of rotatable bonds is 4. The third-order valence-corrected chi connectivity index (χ3v) is 5.25. The molecule has 0 saturated carbocycles. The molecule has 9 heteroatoms. The minimum atomic E-state index is 0.644. The fourth-order valence-electron chi connectivity index (χ4n) is 3.69. The molecule has 0 bridgehead atoms. The smallest absolute Gasteiger partial charge is 0.159 e. The van der Waals surface area contributed by atoms with Gasteiger partial charge in [-0.1, -0.05) is 0 Å². The van der Waals surface area contributed by atoms with E-state index >= 15 is 0 Å². The summed E-state index contributed by atoms with van der Waals surface area (Å²) in [6.07, 6.45) is 10.4. The molecule has 32 heavy (non-hydrogen) atoms. The van der Waals surface area contributed by atoms with Crippen LogP contribution >= 0.6 is 0 Å². The number of nitrogens with zero attached hydrogens (tertiary/aromatic N) is 6. The molecule has 6 aromatic heterocycles. The zero-order chi connectivity index (χ0) is 21.5. The number of pyridine rings is 4. The average molecular weight is 420 g/mol. The third kappa shape index (κ3) is 2.95. The molecule has 0 atom stereocenters. The van der Waals surface area contributed by atoms with E-state index in [0.29, 0.717) is 17.3 Å². The van der Waals surface area contributed by atoms with Crippen molar-refractivity contribution in [1.82, 2.24) is 40.1 Å². The summed E-state index contributed by atoms with van der Waals surface area (Å²) >= 11 is 0. The van der Waals surface area contributed by atoms with Gasteiger partial charge in [0.05, 0.1) is 41.9 Å². The molecular formula is C23H16N8O. The van der Waals surface area contributed by atoms with Crippen LogP contribution in [0.15, 0.2) is 67.5 Å². The molecule has 0 aromatic carbocycles. The maximum Gasteiger partial charge on any atom is 0.159 e. The summed E-state index contributed by atoms with van der Waals surface area (Å²) in [6.45, 7) is 0. The van der Waals surface area contributed by atoms with Crippen LogP contribution in [0.1, 0.15) is 0 Å². The average Bonchev–Trinajstić information content (AvgIpc) is 3.48. The molecule has 0 spiro atoms. The molecule has 0 fully saturated rings. The van der Waals surface area contributed by atoms with Crippen molar-refractivity contribution in [3.63, 3.8) is 0 Å². The fraction of sp³-hybridized carbons (Fsp3) is 0.0435. The van der Waals surface area contributed by atoms with Crippen LogP contribution in [0.3, 0.4) is 0 Å². The lowest BCUT2D eigenvalue weighted by Crippen LogP contribution is -1.89. The van der Waals surface area contributed by atoms with Crippen LogP contribution in [-0.4, -0.2) is 47.2 Å². The number of methoxy groups -OCH3 is 1. The van der Waals surface area contributed by atoms with E-state index in [1.165, 1.54) is 0 Å². The Morgan fingerprint density at radius 3 is 2.66 bits per heavy atom. The molecule has 2 N–H and O–H groups in total. The number of fused-ring (bicyclic) bond motifs is 2. The van der Waals surface area contributed by atoms with Crippen molar-refractivity contribution >= 4 is 21.9 Å². The van der Waals surface area contributed by atoms with Crippen LogP contribution in [0, 0.1) is 0 Å². The molecule has 6 heterocycles. The summed E-state index contributed by atoms with van der Waals surface area (Å²) in [5, 5.41) is 8.44. The molecular weight excluding hydrogens is 404 g/mol. The van der Waals surface area contributed by atoms with Gasteiger partial charge in [0.2, 0.25) is 0 Å². The zero-order valence-corrected chi connectivity index (χ0v) is 16.9. The van der Waals surface area contributed by atoms with E-state index in [-0.39, 0.29) is 0 Å². The van der Waals surface area contributed by atoms with Crippen molar-refractivity contribution in [1.29, 1.82) is 0 Å². The molecule has 0 aliphatic carbocycles. The van der Waals surface area contributed by atoms with E-state index in [1.54, 1.807) is 44.3 Å². The Kier molecular flexibility index (Phi) is 4.10. The van der Waals surface area contributed by atoms with Gasteiger partial charge in [0.1, 0.15) is 17.0 Å². The number of nitrogens with one attached hydrogen (secondary N) is 2. The van der Waals surface area contributed by atoms with Crippen molar-refractivity contribution in [2.24, 2.45) is 0 Å². The summed E-state index contributed by atoms with van der Waals surface area (Å²) in [5.74, 6) is 1.31. The van der Waals surface area contributed by atoms with Crippen LogP contribution in [-0.2, 0) is 0 Å². The zero-order valence-electron chi connectivity index (χ0n) is 16.9. The minimum absolute atomic E-state index is 0.644. The van der Waals surface area contributed by atoms with Crippen molar-refractivity contribution in [2.45, 2.75) is 0 Å². The molecule has 0 amide bonds.